The van der Waals surface area contributed by atoms with Crippen molar-refractivity contribution in [1.82, 2.24) is 4.90 Å². The normalized spacial score (nSPS) is 18.9. The lowest BCUT2D eigenvalue weighted by Crippen LogP contribution is -2.43. The maximum atomic E-state index is 14.0. The molecule has 0 atom stereocenters. The van der Waals surface area contributed by atoms with Crippen LogP contribution in [0.25, 0.3) is 0 Å². The van der Waals surface area contributed by atoms with Gasteiger partial charge in [0.15, 0.2) is 0 Å². The molecule has 6 heteroatoms. The van der Waals surface area contributed by atoms with Gasteiger partial charge in [-0.2, -0.15) is 0 Å². The SMILES string of the molecule is CN1CCC(N2CCc3cc(S(=O)(=O)c4ccccc4F)ccc32)CC1. The minimum absolute atomic E-state index is 0.173. The summed E-state index contributed by atoms with van der Waals surface area (Å²) >= 11 is 0. The molecule has 0 aliphatic carbocycles. The summed E-state index contributed by atoms with van der Waals surface area (Å²) in [5, 5.41) is 0. The summed E-state index contributed by atoms with van der Waals surface area (Å²) in [6.07, 6.45) is 3.10. The van der Waals surface area contributed by atoms with Gasteiger partial charge in [0.2, 0.25) is 9.84 Å². The van der Waals surface area contributed by atoms with Crippen LogP contribution in [0.3, 0.4) is 0 Å². The maximum absolute atomic E-state index is 14.0. The van der Waals surface area contributed by atoms with E-state index in [-0.39, 0.29) is 9.79 Å². The molecule has 2 aromatic carbocycles. The second kappa shape index (κ2) is 6.67. The van der Waals surface area contributed by atoms with Crippen LogP contribution in [0, 0.1) is 5.82 Å². The summed E-state index contributed by atoms with van der Waals surface area (Å²) in [4.78, 5) is 4.68. The van der Waals surface area contributed by atoms with Crippen LogP contribution in [0.1, 0.15) is 18.4 Å². The smallest absolute Gasteiger partial charge is 0.209 e. The number of likely N-dealkylation sites (tertiary alicyclic amines) is 1. The topological polar surface area (TPSA) is 40.6 Å². The summed E-state index contributed by atoms with van der Waals surface area (Å²) in [5.41, 5.74) is 2.17. The Bertz CT molecular complexity index is 921. The molecule has 138 valence electrons. The largest absolute Gasteiger partial charge is 0.368 e. The molecule has 0 aromatic heterocycles. The number of benzene rings is 2. The Kier molecular flexibility index (Phi) is 4.49. The lowest BCUT2D eigenvalue weighted by Gasteiger charge is -2.36. The molecule has 0 radical (unpaired) electrons. The van der Waals surface area contributed by atoms with Gasteiger partial charge < -0.3 is 9.80 Å². The van der Waals surface area contributed by atoms with Crippen molar-refractivity contribution >= 4 is 15.5 Å². The third kappa shape index (κ3) is 3.01. The average Bonchev–Trinajstić information content (AvgIpc) is 3.06. The molecule has 4 rings (SSSR count). The minimum Gasteiger partial charge on any atom is -0.368 e. The fraction of sp³-hybridized carbons (Fsp3) is 0.400. The molecule has 1 fully saturated rings. The number of anilines is 1. The van der Waals surface area contributed by atoms with E-state index in [1.54, 1.807) is 18.2 Å². The molecule has 26 heavy (non-hydrogen) atoms. The second-order valence-corrected chi connectivity index (χ2v) is 9.12. The fourth-order valence-corrected chi connectivity index (χ4v) is 5.43. The van der Waals surface area contributed by atoms with Crippen LogP contribution in [-0.4, -0.2) is 46.0 Å². The third-order valence-corrected chi connectivity index (χ3v) is 7.33. The van der Waals surface area contributed by atoms with Gasteiger partial charge in [-0.1, -0.05) is 12.1 Å². The number of rotatable bonds is 3. The number of nitrogens with zero attached hydrogens (tertiary/aromatic N) is 2. The van der Waals surface area contributed by atoms with Crippen molar-refractivity contribution in [2.45, 2.75) is 35.1 Å². The molecule has 2 heterocycles. The van der Waals surface area contributed by atoms with Gasteiger partial charge in [0.05, 0.1) is 4.90 Å². The maximum Gasteiger partial charge on any atom is 0.209 e. The lowest BCUT2D eigenvalue weighted by molar-refractivity contribution is 0.251. The first-order valence-electron chi connectivity index (χ1n) is 9.04. The molecular weight excluding hydrogens is 351 g/mol. The zero-order valence-corrected chi connectivity index (χ0v) is 15.7. The Labute approximate surface area is 154 Å². The summed E-state index contributed by atoms with van der Waals surface area (Å²) in [6, 6.07) is 11.3. The lowest BCUT2D eigenvalue weighted by atomic mass is 10.0. The van der Waals surface area contributed by atoms with E-state index < -0.39 is 15.7 Å². The molecule has 0 bridgehead atoms. The van der Waals surface area contributed by atoms with Crippen LogP contribution in [0.15, 0.2) is 52.3 Å². The van der Waals surface area contributed by atoms with E-state index in [1.807, 2.05) is 6.07 Å². The number of piperidine rings is 1. The van der Waals surface area contributed by atoms with E-state index in [1.165, 1.54) is 18.2 Å². The molecule has 4 nitrogen and oxygen atoms in total. The molecule has 0 spiro atoms. The standard InChI is InChI=1S/C20H23FN2O2S/c1-22-11-9-16(10-12-22)23-13-8-15-14-17(6-7-19(15)23)26(24,25)20-5-3-2-4-18(20)21/h2-7,14,16H,8-13H2,1H3. The number of halogens is 1. The van der Waals surface area contributed by atoms with Crippen molar-refractivity contribution in [1.29, 1.82) is 0 Å². The number of hydrogen-bond acceptors (Lipinski definition) is 4. The van der Waals surface area contributed by atoms with Crippen LogP contribution in [0.5, 0.6) is 0 Å². The molecular formula is C20H23FN2O2S. The van der Waals surface area contributed by atoms with E-state index >= 15 is 0 Å². The van der Waals surface area contributed by atoms with Crippen molar-refractivity contribution in [3.8, 4) is 0 Å². The van der Waals surface area contributed by atoms with E-state index in [4.69, 9.17) is 0 Å². The zero-order valence-electron chi connectivity index (χ0n) is 14.9. The molecule has 0 amide bonds. The van der Waals surface area contributed by atoms with E-state index in [0.29, 0.717) is 6.04 Å². The predicted molar refractivity (Wildman–Crippen MR) is 99.9 cm³/mol. The number of sulfone groups is 1. The molecule has 0 saturated carbocycles. The van der Waals surface area contributed by atoms with Gasteiger partial charge in [0, 0.05) is 18.3 Å². The van der Waals surface area contributed by atoms with Crippen LogP contribution >= 0.6 is 0 Å². The van der Waals surface area contributed by atoms with Gasteiger partial charge in [-0.25, -0.2) is 12.8 Å². The highest BCUT2D eigenvalue weighted by atomic mass is 32.2. The molecule has 2 aliphatic heterocycles. The van der Waals surface area contributed by atoms with Gasteiger partial charge in [-0.3, -0.25) is 0 Å². The highest BCUT2D eigenvalue weighted by molar-refractivity contribution is 7.91. The van der Waals surface area contributed by atoms with E-state index in [2.05, 4.69) is 16.8 Å². The van der Waals surface area contributed by atoms with Gasteiger partial charge >= 0.3 is 0 Å². The molecule has 1 saturated heterocycles. The Morgan fingerprint density at radius 2 is 1.77 bits per heavy atom. The van der Waals surface area contributed by atoms with E-state index in [9.17, 15) is 12.8 Å². The Morgan fingerprint density at radius 3 is 2.50 bits per heavy atom. The predicted octanol–water partition coefficient (Wildman–Crippen LogP) is 3.12. The first-order valence-corrected chi connectivity index (χ1v) is 10.5. The minimum atomic E-state index is -3.84. The molecule has 0 N–H and O–H groups in total. The highest BCUT2D eigenvalue weighted by Gasteiger charge is 2.30. The van der Waals surface area contributed by atoms with E-state index in [0.717, 1.165) is 50.1 Å². The molecule has 2 aromatic rings. The first kappa shape index (κ1) is 17.5. The van der Waals surface area contributed by atoms with Crippen molar-refractivity contribution in [3.63, 3.8) is 0 Å². The number of hydrogen-bond donors (Lipinski definition) is 0. The Balaban J connectivity index is 1.64. The number of fused-ring (bicyclic) bond motifs is 1. The second-order valence-electron chi connectivity index (χ2n) is 7.20. The van der Waals surface area contributed by atoms with Crippen molar-refractivity contribution in [2.24, 2.45) is 0 Å². The summed E-state index contributed by atoms with van der Waals surface area (Å²) < 4.78 is 39.6. The summed E-state index contributed by atoms with van der Waals surface area (Å²) in [7, 11) is -1.69. The van der Waals surface area contributed by atoms with Crippen molar-refractivity contribution in [2.75, 3.05) is 31.6 Å². The van der Waals surface area contributed by atoms with Crippen LogP contribution in [-0.2, 0) is 16.3 Å². The summed E-state index contributed by atoms with van der Waals surface area (Å²) in [6.45, 7) is 3.11. The molecule has 2 aliphatic rings. The van der Waals surface area contributed by atoms with Gasteiger partial charge in [-0.15, -0.1) is 0 Å². The molecule has 0 unspecified atom stereocenters. The monoisotopic (exact) mass is 374 g/mol. The van der Waals surface area contributed by atoms with Gasteiger partial charge in [0.25, 0.3) is 0 Å². The van der Waals surface area contributed by atoms with Crippen LogP contribution < -0.4 is 4.90 Å². The van der Waals surface area contributed by atoms with Gasteiger partial charge in [-0.05, 0) is 75.3 Å². The Hall–Kier alpha value is -1.92. The van der Waals surface area contributed by atoms with Crippen LogP contribution in [0.4, 0.5) is 10.1 Å². The van der Waals surface area contributed by atoms with Crippen molar-refractivity contribution < 1.29 is 12.8 Å². The quantitative estimate of drug-likeness (QED) is 0.828. The summed E-state index contributed by atoms with van der Waals surface area (Å²) in [5.74, 6) is -0.707. The average molecular weight is 374 g/mol. The van der Waals surface area contributed by atoms with Gasteiger partial charge in [0.1, 0.15) is 10.7 Å². The Morgan fingerprint density at radius 1 is 1.04 bits per heavy atom. The first-order chi connectivity index (χ1) is 12.5. The van der Waals surface area contributed by atoms with Crippen LogP contribution in [0.2, 0.25) is 0 Å². The van der Waals surface area contributed by atoms with Crippen molar-refractivity contribution in [3.05, 3.63) is 53.8 Å². The third-order valence-electron chi connectivity index (χ3n) is 5.55. The zero-order chi connectivity index (χ0) is 18.3. The fourth-order valence-electron chi connectivity index (χ4n) is 4.05. The highest BCUT2D eigenvalue weighted by Crippen LogP contribution is 2.35.